The third-order valence-electron chi connectivity index (χ3n) is 1.95. The van der Waals surface area contributed by atoms with Crippen LogP contribution in [0.1, 0.15) is 26.7 Å². The van der Waals surface area contributed by atoms with E-state index in [-0.39, 0.29) is 6.61 Å². The van der Waals surface area contributed by atoms with Gasteiger partial charge in [0.05, 0.1) is 24.2 Å². The van der Waals surface area contributed by atoms with Gasteiger partial charge in [0.25, 0.3) is 0 Å². The van der Waals surface area contributed by atoms with Gasteiger partial charge in [0, 0.05) is 0 Å². The molecule has 0 rings (SSSR count). The Morgan fingerprint density at radius 2 is 2.18 bits per heavy atom. The Bertz CT molecular complexity index is 153. The first-order valence-electron chi connectivity index (χ1n) is 3.78. The fourth-order valence-corrected chi connectivity index (χ4v) is 0.854. The van der Waals surface area contributed by atoms with Gasteiger partial charge in [-0.3, -0.25) is 0 Å². The topological polar surface area (TPSA) is 64.2 Å². The highest BCUT2D eigenvalue weighted by atomic mass is 16.3. The van der Waals surface area contributed by atoms with Crippen LogP contribution in [-0.2, 0) is 0 Å². The van der Waals surface area contributed by atoms with Crippen molar-refractivity contribution >= 4 is 0 Å². The van der Waals surface area contributed by atoms with E-state index in [1.165, 1.54) is 0 Å². The monoisotopic (exact) mass is 157 g/mol. The molecule has 3 heteroatoms. The van der Waals surface area contributed by atoms with E-state index in [0.717, 1.165) is 0 Å². The lowest BCUT2D eigenvalue weighted by Gasteiger charge is -2.21. The summed E-state index contributed by atoms with van der Waals surface area (Å²) in [4.78, 5) is 0. The SMILES string of the molecule is CCC(C)(C#N)CC(O)CO. The first-order valence-corrected chi connectivity index (χ1v) is 3.78. The molecule has 0 fully saturated rings. The van der Waals surface area contributed by atoms with E-state index >= 15 is 0 Å². The molecular formula is C8H15NO2. The van der Waals surface area contributed by atoms with Gasteiger partial charge < -0.3 is 10.2 Å². The molecule has 2 unspecified atom stereocenters. The highest BCUT2D eigenvalue weighted by Crippen LogP contribution is 2.25. The van der Waals surface area contributed by atoms with Gasteiger partial charge in [-0.1, -0.05) is 6.92 Å². The Balaban J connectivity index is 3.99. The standard InChI is InChI=1S/C8H15NO2/c1-3-8(2,6-9)4-7(11)5-10/h7,10-11H,3-5H2,1-2H3. The quantitative estimate of drug-likeness (QED) is 0.630. The molecule has 0 aliphatic carbocycles. The predicted molar refractivity (Wildman–Crippen MR) is 41.7 cm³/mol. The van der Waals surface area contributed by atoms with Gasteiger partial charge in [-0.25, -0.2) is 0 Å². The van der Waals surface area contributed by atoms with E-state index in [1.54, 1.807) is 6.92 Å². The van der Waals surface area contributed by atoms with Crippen LogP contribution in [0.4, 0.5) is 0 Å². The molecule has 0 spiro atoms. The summed E-state index contributed by atoms with van der Waals surface area (Å²) in [6.07, 6.45) is 0.274. The van der Waals surface area contributed by atoms with E-state index in [1.807, 2.05) is 6.92 Å². The molecule has 0 aliphatic heterocycles. The number of hydrogen-bond donors (Lipinski definition) is 2. The van der Waals surface area contributed by atoms with E-state index in [4.69, 9.17) is 15.5 Å². The van der Waals surface area contributed by atoms with Gasteiger partial charge in [-0.05, 0) is 19.8 Å². The first kappa shape index (κ1) is 10.4. The molecule has 0 heterocycles. The summed E-state index contributed by atoms with van der Waals surface area (Å²) >= 11 is 0. The average molecular weight is 157 g/mol. The van der Waals surface area contributed by atoms with Gasteiger partial charge in [0.15, 0.2) is 0 Å². The number of aliphatic hydroxyl groups is 2. The van der Waals surface area contributed by atoms with Gasteiger partial charge >= 0.3 is 0 Å². The lowest BCUT2D eigenvalue weighted by Crippen LogP contribution is -2.23. The lowest BCUT2D eigenvalue weighted by molar-refractivity contribution is 0.0641. The molecule has 0 aliphatic rings. The van der Waals surface area contributed by atoms with Crippen molar-refractivity contribution in [2.75, 3.05) is 6.61 Å². The van der Waals surface area contributed by atoms with Gasteiger partial charge in [0.1, 0.15) is 0 Å². The van der Waals surface area contributed by atoms with Crippen molar-refractivity contribution in [3.05, 3.63) is 0 Å². The number of aliphatic hydroxyl groups excluding tert-OH is 2. The summed E-state index contributed by atoms with van der Waals surface area (Å²) < 4.78 is 0. The molecule has 2 N–H and O–H groups in total. The molecule has 64 valence electrons. The number of rotatable bonds is 4. The van der Waals surface area contributed by atoms with Crippen molar-refractivity contribution in [1.82, 2.24) is 0 Å². The predicted octanol–water partition coefficient (Wildman–Crippen LogP) is 0.670. The maximum Gasteiger partial charge on any atom is 0.0786 e. The Hall–Kier alpha value is -0.590. The molecule has 0 bridgehead atoms. The Morgan fingerprint density at radius 3 is 2.45 bits per heavy atom. The first-order chi connectivity index (χ1) is 5.08. The maximum absolute atomic E-state index is 9.05. The van der Waals surface area contributed by atoms with Gasteiger partial charge in [-0.2, -0.15) is 5.26 Å². The minimum atomic E-state index is -0.764. The van der Waals surface area contributed by atoms with Gasteiger partial charge in [-0.15, -0.1) is 0 Å². The van der Waals surface area contributed by atoms with E-state index in [0.29, 0.717) is 12.8 Å². The van der Waals surface area contributed by atoms with Crippen LogP contribution in [0.3, 0.4) is 0 Å². The van der Waals surface area contributed by atoms with E-state index < -0.39 is 11.5 Å². The summed E-state index contributed by atoms with van der Waals surface area (Å²) in [7, 11) is 0. The van der Waals surface area contributed by atoms with Crippen LogP contribution in [0.2, 0.25) is 0 Å². The zero-order valence-electron chi connectivity index (χ0n) is 7.04. The number of hydrogen-bond acceptors (Lipinski definition) is 3. The van der Waals surface area contributed by atoms with Gasteiger partial charge in [0.2, 0.25) is 0 Å². The molecular weight excluding hydrogens is 142 g/mol. The van der Waals surface area contributed by atoms with Crippen LogP contribution in [0.5, 0.6) is 0 Å². The second-order valence-corrected chi connectivity index (χ2v) is 3.07. The molecule has 0 aromatic rings. The molecule has 0 radical (unpaired) electrons. The van der Waals surface area contributed by atoms with E-state index in [2.05, 4.69) is 6.07 Å². The van der Waals surface area contributed by atoms with Crippen LogP contribution in [0.15, 0.2) is 0 Å². The fraction of sp³-hybridized carbons (Fsp3) is 0.875. The van der Waals surface area contributed by atoms with Crippen molar-refractivity contribution in [1.29, 1.82) is 5.26 Å². The normalized spacial score (nSPS) is 18.5. The van der Waals surface area contributed by atoms with E-state index in [9.17, 15) is 0 Å². The maximum atomic E-state index is 9.05. The van der Waals surface area contributed by atoms with Crippen LogP contribution in [-0.4, -0.2) is 22.9 Å². The van der Waals surface area contributed by atoms with Crippen LogP contribution in [0.25, 0.3) is 0 Å². The highest BCUT2D eigenvalue weighted by molar-refractivity contribution is 4.95. The Morgan fingerprint density at radius 1 is 1.64 bits per heavy atom. The summed E-state index contributed by atoms with van der Waals surface area (Å²) in [6, 6.07) is 2.12. The zero-order valence-corrected chi connectivity index (χ0v) is 7.04. The number of nitriles is 1. The lowest BCUT2D eigenvalue weighted by atomic mass is 9.84. The third-order valence-corrected chi connectivity index (χ3v) is 1.95. The van der Waals surface area contributed by atoms with Crippen LogP contribution < -0.4 is 0 Å². The van der Waals surface area contributed by atoms with Crippen LogP contribution in [0, 0.1) is 16.7 Å². The Kier molecular flexibility index (Phi) is 4.09. The van der Waals surface area contributed by atoms with Crippen molar-refractivity contribution < 1.29 is 10.2 Å². The summed E-state index contributed by atoms with van der Waals surface area (Å²) in [5, 5.41) is 26.3. The average Bonchev–Trinajstić information content (AvgIpc) is 2.04. The van der Waals surface area contributed by atoms with Crippen molar-refractivity contribution in [2.24, 2.45) is 5.41 Å². The second kappa shape index (κ2) is 4.32. The smallest absolute Gasteiger partial charge is 0.0786 e. The summed E-state index contributed by atoms with van der Waals surface area (Å²) in [5.41, 5.74) is -0.498. The summed E-state index contributed by atoms with van der Waals surface area (Å²) in [6.45, 7) is 3.41. The highest BCUT2D eigenvalue weighted by Gasteiger charge is 2.24. The third kappa shape index (κ3) is 3.35. The molecule has 11 heavy (non-hydrogen) atoms. The second-order valence-electron chi connectivity index (χ2n) is 3.07. The zero-order chi connectivity index (χ0) is 8.91. The molecule has 0 amide bonds. The molecule has 0 saturated heterocycles. The molecule has 2 atom stereocenters. The summed E-state index contributed by atoms with van der Waals surface area (Å²) in [5.74, 6) is 0. The molecule has 0 saturated carbocycles. The largest absolute Gasteiger partial charge is 0.394 e. The number of nitrogens with zero attached hydrogens (tertiary/aromatic N) is 1. The molecule has 3 nitrogen and oxygen atoms in total. The molecule has 0 aromatic heterocycles. The minimum absolute atomic E-state index is 0.267. The minimum Gasteiger partial charge on any atom is -0.394 e. The van der Waals surface area contributed by atoms with Crippen LogP contribution >= 0.6 is 0 Å². The molecule has 0 aromatic carbocycles. The Labute approximate surface area is 67.3 Å². The van der Waals surface area contributed by atoms with Crippen molar-refractivity contribution in [2.45, 2.75) is 32.8 Å². The van der Waals surface area contributed by atoms with Crippen molar-refractivity contribution in [3.63, 3.8) is 0 Å². The van der Waals surface area contributed by atoms with Crippen molar-refractivity contribution in [3.8, 4) is 6.07 Å². The fourth-order valence-electron chi connectivity index (χ4n) is 0.854.